The fraction of sp³-hybridized carbons (Fsp3) is 0.375. The van der Waals surface area contributed by atoms with E-state index < -0.39 is 0 Å². The Labute approximate surface area is 123 Å². The summed E-state index contributed by atoms with van der Waals surface area (Å²) in [7, 11) is 0. The van der Waals surface area contributed by atoms with E-state index in [0.29, 0.717) is 5.56 Å². The zero-order chi connectivity index (χ0) is 14.3. The molecule has 5 nitrogen and oxygen atoms in total. The molecule has 1 aromatic heterocycles. The molecule has 2 aliphatic heterocycles. The summed E-state index contributed by atoms with van der Waals surface area (Å²) < 4.78 is 0. The van der Waals surface area contributed by atoms with Crippen LogP contribution in [0, 0.1) is 0 Å². The van der Waals surface area contributed by atoms with E-state index in [0.717, 1.165) is 32.5 Å². The third-order valence-electron chi connectivity index (χ3n) is 4.87. The largest absolute Gasteiger partial charge is 0.384 e. The van der Waals surface area contributed by atoms with Crippen LogP contribution in [0.3, 0.4) is 0 Å². The lowest BCUT2D eigenvalue weighted by Crippen LogP contribution is -2.46. The molecule has 0 radical (unpaired) electrons. The zero-order valence-corrected chi connectivity index (χ0v) is 11.8. The number of hydrogen-bond acceptors (Lipinski definition) is 3. The van der Waals surface area contributed by atoms with Crippen molar-refractivity contribution in [1.82, 2.24) is 15.1 Å². The van der Waals surface area contributed by atoms with Gasteiger partial charge in [-0.05, 0) is 24.5 Å². The number of anilines is 1. The minimum Gasteiger partial charge on any atom is -0.384 e. The van der Waals surface area contributed by atoms with Gasteiger partial charge in [-0.3, -0.25) is 9.89 Å². The first kappa shape index (κ1) is 12.4. The molecule has 0 aliphatic carbocycles. The quantitative estimate of drug-likeness (QED) is 0.841. The van der Waals surface area contributed by atoms with Gasteiger partial charge in [0.25, 0.3) is 5.91 Å². The Morgan fingerprint density at radius 2 is 2.05 bits per heavy atom. The summed E-state index contributed by atoms with van der Waals surface area (Å²) in [6, 6.07) is 8.55. The highest BCUT2D eigenvalue weighted by Crippen LogP contribution is 2.43. The second kappa shape index (κ2) is 4.62. The van der Waals surface area contributed by atoms with E-state index in [2.05, 4.69) is 39.8 Å². The van der Waals surface area contributed by atoms with Crippen molar-refractivity contribution in [2.75, 3.05) is 25.0 Å². The summed E-state index contributed by atoms with van der Waals surface area (Å²) in [5.41, 5.74) is 3.52. The number of aromatic amines is 1. The highest BCUT2D eigenvalue weighted by molar-refractivity contribution is 5.93. The van der Waals surface area contributed by atoms with Crippen LogP contribution in [0.2, 0.25) is 0 Å². The zero-order valence-electron chi connectivity index (χ0n) is 11.8. The summed E-state index contributed by atoms with van der Waals surface area (Å²) in [6.07, 6.45) is 5.29. The van der Waals surface area contributed by atoms with E-state index in [4.69, 9.17) is 0 Å². The second-order valence-electron chi connectivity index (χ2n) is 5.96. The first-order valence-electron chi connectivity index (χ1n) is 7.40. The number of hydrogen-bond donors (Lipinski definition) is 2. The maximum Gasteiger partial charge on any atom is 0.257 e. The van der Waals surface area contributed by atoms with Gasteiger partial charge in [0.1, 0.15) is 0 Å². The lowest BCUT2D eigenvalue weighted by atomic mass is 9.74. The Morgan fingerprint density at radius 1 is 1.24 bits per heavy atom. The number of nitrogens with one attached hydrogen (secondary N) is 2. The average Bonchev–Trinajstić information content (AvgIpc) is 3.17. The number of H-pyrrole nitrogens is 1. The monoisotopic (exact) mass is 282 g/mol. The van der Waals surface area contributed by atoms with Crippen molar-refractivity contribution in [3.05, 3.63) is 47.8 Å². The first-order valence-corrected chi connectivity index (χ1v) is 7.40. The second-order valence-corrected chi connectivity index (χ2v) is 5.96. The van der Waals surface area contributed by atoms with Crippen LogP contribution in [0.15, 0.2) is 36.7 Å². The molecule has 0 unspecified atom stereocenters. The smallest absolute Gasteiger partial charge is 0.257 e. The van der Waals surface area contributed by atoms with Crippen LogP contribution in [0.4, 0.5) is 5.69 Å². The summed E-state index contributed by atoms with van der Waals surface area (Å²) in [5.74, 6) is 0.0813. The van der Waals surface area contributed by atoms with Crippen molar-refractivity contribution in [3.8, 4) is 0 Å². The van der Waals surface area contributed by atoms with Crippen LogP contribution in [-0.4, -0.2) is 40.6 Å². The normalized spacial score (nSPS) is 19.3. The minimum absolute atomic E-state index is 0.0813. The third kappa shape index (κ3) is 1.92. The van der Waals surface area contributed by atoms with Gasteiger partial charge in [0.15, 0.2) is 0 Å². The highest BCUT2D eigenvalue weighted by Gasteiger charge is 2.42. The van der Waals surface area contributed by atoms with Crippen LogP contribution in [0.1, 0.15) is 28.8 Å². The van der Waals surface area contributed by atoms with Crippen LogP contribution >= 0.6 is 0 Å². The van der Waals surface area contributed by atoms with E-state index in [9.17, 15) is 4.79 Å². The SMILES string of the molecule is O=C(c1cn[nH]c1)N1CCC2(CC1)CNc1ccccc12. The molecule has 1 aromatic carbocycles. The minimum atomic E-state index is 0.0813. The molecule has 0 saturated carbocycles. The van der Waals surface area contributed by atoms with Gasteiger partial charge in [0.05, 0.1) is 11.8 Å². The number of nitrogens with zero attached hydrogens (tertiary/aromatic N) is 2. The van der Waals surface area contributed by atoms with Gasteiger partial charge in [-0.25, -0.2) is 0 Å². The van der Waals surface area contributed by atoms with Gasteiger partial charge >= 0.3 is 0 Å². The number of aromatic nitrogens is 2. The number of rotatable bonds is 1. The summed E-state index contributed by atoms with van der Waals surface area (Å²) in [4.78, 5) is 14.3. The van der Waals surface area contributed by atoms with Gasteiger partial charge in [0.2, 0.25) is 0 Å². The van der Waals surface area contributed by atoms with Gasteiger partial charge in [-0.15, -0.1) is 0 Å². The average molecular weight is 282 g/mol. The number of carbonyl (C=O) groups is 1. The molecule has 1 amide bonds. The number of carbonyl (C=O) groups excluding carboxylic acids is 1. The Hall–Kier alpha value is -2.30. The molecule has 2 N–H and O–H groups in total. The van der Waals surface area contributed by atoms with E-state index >= 15 is 0 Å². The van der Waals surface area contributed by atoms with Crippen LogP contribution in [0.5, 0.6) is 0 Å². The van der Waals surface area contributed by atoms with Crippen LogP contribution < -0.4 is 5.32 Å². The summed E-state index contributed by atoms with van der Waals surface area (Å²) in [5, 5.41) is 10.1. The number of amides is 1. The Morgan fingerprint density at radius 3 is 2.81 bits per heavy atom. The Balaban J connectivity index is 1.52. The molecular weight excluding hydrogens is 264 g/mol. The number of fused-ring (bicyclic) bond motifs is 2. The standard InChI is InChI=1S/C16H18N4O/c21-15(12-9-18-19-10-12)20-7-5-16(6-8-20)11-17-14-4-2-1-3-13(14)16/h1-4,9-10,17H,5-8,11H2,(H,18,19). The molecule has 21 heavy (non-hydrogen) atoms. The van der Waals surface area contributed by atoms with Gasteiger partial charge in [0, 0.05) is 36.9 Å². The molecule has 1 spiro atoms. The molecule has 4 rings (SSSR count). The number of piperidine rings is 1. The topological polar surface area (TPSA) is 61.0 Å². The number of likely N-dealkylation sites (tertiary alicyclic amines) is 1. The van der Waals surface area contributed by atoms with Crippen molar-refractivity contribution >= 4 is 11.6 Å². The van der Waals surface area contributed by atoms with Gasteiger partial charge < -0.3 is 10.2 Å². The molecule has 5 heteroatoms. The highest BCUT2D eigenvalue weighted by atomic mass is 16.2. The van der Waals surface area contributed by atoms with Crippen molar-refractivity contribution in [2.45, 2.75) is 18.3 Å². The Kier molecular flexibility index (Phi) is 2.74. The molecule has 108 valence electrons. The number of para-hydroxylation sites is 1. The van der Waals surface area contributed by atoms with Crippen molar-refractivity contribution in [2.24, 2.45) is 0 Å². The predicted octanol–water partition coefficient (Wildman–Crippen LogP) is 2.01. The molecular formula is C16H18N4O. The van der Waals surface area contributed by atoms with Crippen LogP contribution in [-0.2, 0) is 5.41 Å². The maximum absolute atomic E-state index is 12.4. The van der Waals surface area contributed by atoms with Crippen LogP contribution in [0.25, 0.3) is 0 Å². The number of benzene rings is 1. The molecule has 2 aliphatic rings. The van der Waals surface area contributed by atoms with E-state index in [1.54, 1.807) is 12.4 Å². The summed E-state index contributed by atoms with van der Waals surface area (Å²) in [6.45, 7) is 2.60. The lowest BCUT2D eigenvalue weighted by molar-refractivity contribution is 0.0676. The van der Waals surface area contributed by atoms with Crippen molar-refractivity contribution < 1.29 is 4.79 Å². The van der Waals surface area contributed by atoms with E-state index in [1.165, 1.54) is 11.3 Å². The van der Waals surface area contributed by atoms with Gasteiger partial charge in [-0.1, -0.05) is 18.2 Å². The fourth-order valence-electron chi connectivity index (χ4n) is 3.59. The van der Waals surface area contributed by atoms with Crippen molar-refractivity contribution in [3.63, 3.8) is 0 Å². The third-order valence-corrected chi connectivity index (χ3v) is 4.87. The predicted molar refractivity (Wildman–Crippen MR) is 80.3 cm³/mol. The molecule has 3 heterocycles. The molecule has 0 bridgehead atoms. The molecule has 2 aromatic rings. The lowest BCUT2D eigenvalue weighted by Gasteiger charge is -2.39. The summed E-state index contributed by atoms with van der Waals surface area (Å²) >= 11 is 0. The Bertz CT molecular complexity index is 657. The molecule has 1 saturated heterocycles. The van der Waals surface area contributed by atoms with E-state index in [-0.39, 0.29) is 11.3 Å². The molecule has 0 atom stereocenters. The van der Waals surface area contributed by atoms with E-state index in [1.807, 2.05) is 4.90 Å². The first-order chi connectivity index (χ1) is 10.3. The molecule has 1 fully saturated rings. The maximum atomic E-state index is 12.4. The van der Waals surface area contributed by atoms with Crippen molar-refractivity contribution in [1.29, 1.82) is 0 Å². The van der Waals surface area contributed by atoms with Gasteiger partial charge in [-0.2, -0.15) is 5.10 Å². The fourth-order valence-corrected chi connectivity index (χ4v) is 3.59.